The number of furan rings is 1. The molecule has 0 amide bonds. The minimum atomic E-state index is 0.910. The van der Waals surface area contributed by atoms with Crippen molar-refractivity contribution >= 4 is 54.8 Å². The normalized spacial score (nSPS) is 11.8. The van der Waals surface area contributed by atoms with E-state index in [0.29, 0.717) is 0 Å². The number of para-hydroxylation sites is 3. The summed E-state index contributed by atoms with van der Waals surface area (Å²) in [6.07, 6.45) is 0. The average molecular weight is 601 g/mol. The zero-order chi connectivity index (χ0) is 30.9. The molecule has 0 aliphatic heterocycles. The van der Waals surface area contributed by atoms with E-state index in [1.165, 1.54) is 44.1 Å². The van der Waals surface area contributed by atoms with Gasteiger partial charge in [-0.2, -0.15) is 0 Å². The largest absolute Gasteiger partial charge is 0.454 e. The van der Waals surface area contributed by atoms with Crippen LogP contribution in [-0.4, -0.2) is 9.13 Å². The molecule has 0 spiro atoms. The summed E-state index contributed by atoms with van der Waals surface area (Å²) in [5.41, 5.74) is 13.6. The zero-order valence-electron chi connectivity index (χ0n) is 25.5. The standard InChI is InChI=1S/C44H28N2O/c1-2-10-29(11-3-1)30-18-23-33(24-19-30)45-39-15-7-4-12-35(39)38-28-32(22-27-41(38)45)31-20-25-34(26-21-31)46-40-16-8-5-13-36(40)44-43(46)37-14-6-9-17-42(37)47-44/h1-28H. The molecular formula is C44H28N2O. The minimum Gasteiger partial charge on any atom is -0.454 e. The van der Waals surface area contributed by atoms with Crippen molar-refractivity contribution in [2.24, 2.45) is 0 Å². The van der Waals surface area contributed by atoms with Gasteiger partial charge >= 0.3 is 0 Å². The van der Waals surface area contributed by atoms with Gasteiger partial charge in [-0.25, -0.2) is 0 Å². The van der Waals surface area contributed by atoms with Gasteiger partial charge in [0.2, 0.25) is 0 Å². The zero-order valence-corrected chi connectivity index (χ0v) is 25.5. The first-order valence-corrected chi connectivity index (χ1v) is 16.0. The van der Waals surface area contributed by atoms with Crippen molar-refractivity contribution < 1.29 is 4.42 Å². The summed E-state index contributed by atoms with van der Waals surface area (Å²) >= 11 is 0. The van der Waals surface area contributed by atoms with E-state index in [0.717, 1.165) is 44.3 Å². The van der Waals surface area contributed by atoms with Crippen LogP contribution in [0.15, 0.2) is 174 Å². The third kappa shape index (κ3) is 3.93. The second-order valence-electron chi connectivity index (χ2n) is 12.2. The first-order valence-electron chi connectivity index (χ1n) is 16.0. The predicted octanol–water partition coefficient (Wildman–Crippen LogP) is 12.0. The molecule has 0 aliphatic carbocycles. The van der Waals surface area contributed by atoms with Crippen LogP contribution in [-0.2, 0) is 0 Å². The Labute approximate surface area is 271 Å². The first-order chi connectivity index (χ1) is 23.3. The summed E-state index contributed by atoms with van der Waals surface area (Å²) < 4.78 is 11.1. The van der Waals surface area contributed by atoms with Gasteiger partial charge in [0.05, 0.1) is 16.6 Å². The second kappa shape index (κ2) is 10.1. The van der Waals surface area contributed by atoms with Gasteiger partial charge in [0, 0.05) is 32.9 Å². The van der Waals surface area contributed by atoms with Crippen LogP contribution in [0.2, 0.25) is 0 Å². The molecule has 47 heavy (non-hydrogen) atoms. The van der Waals surface area contributed by atoms with E-state index in [-0.39, 0.29) is 0 Å². The summed E-state index contributed by atoms with van der Waals surface area (Å²) in [5, 5.41) is 4.75. The van der Waals surface area contributed by atoms with E-state index in [4.69, 9.17) is 4.42 Å². The van der Waals surface area contributed by atoms with Gasteiger partial charge in [0.15, 0.2) is 5.58 Å². The number of benzene rings is 7. The van der Waals surface area contributed by atoms with E-state index < -0.39 is 0 Å². The molecule has 3 aromatic heterocycles. The number of rotatable bonds is 4. The van der Waals surface area contributed by atoms with Crippen LogP contribution in [0.3, 0.4) is 0 Å². The van der Waals surface area contributed by atoms with Crippen molar-refractivity contribution in [3.05, 3.63) is 170 Å². The van der Waals surface area contributed by atoms with E-state index in [9.17, 15) is 0 Å². The highest BCUT2D eigenvalue weighted by Crippen LogP contribution is 2.40. The Kier molecular flexibility index (Phi) is 5.57. The van der Waals surface area contributed by atoms with Crippen LogP contribution in [0.5, 0.6) is 0 Å². The molecule has 3 heteroatoms. The summed E-state index contributed by atoms with van der Waals surface area (Å²) in [6.45, 7) is 0. The Balaban J connectivity index is 1.08. The summed E-state index contributed by atoms with van der Waals surface area (Å²) in [4.78, 5) is 0. The van der Waals surface area contributed by atoms with Crippen LogP contribution in [0.25, 0.3) is 88.4 Å². The third-order valence-electron chi connectivity index (χ3n) is 9.55. The van der Waals surface area contributed by atoms with Crippen molar-refractivity contribution in [3.63, 3.8) is 0 Å². The molecule has 0 saturated heterocycles. The molecule has 3 heterocycles. The summed E-state index contributed by atoms with van der Waals surface area (Å²) in [6, 6.07) is 60.7. The number of nitrogens with zero attached hydrogens (tertiary/aromatic N) is 2. The molecule has 0 atom stereocenters. The SMILES string of the molecule is c1ccc(-c2ccc(-n3c4ccccc4c4cc(-c5ccc(-n6c7ccccc7c7oc8ccccc8c76)cc5)ccc43)cc2)cc1. The Morgan fingerprint density at radius 2 is 0.851 bits per heavy atom. The number of hydrogen-bond acceptors (Lipinski definition) is 1. The molecule has 10 rings (SSSR count). The molecule has 0 N–H and O–H groups in total. The Morgan fingerprint density at radius 1 is 0.340 bits per heavy atom. The Hall–Kier alpha value is -6.32. The third-order valence-corrected chi connectivity index (χ3v) is 9.55. The quantitative estimate of drug-likeness (QED) is 0.197. The fourth-order valence-electron chi connectivity index (χ4n) is 7.35. The number of aromatic nitrogens is 2. The van der Waals surface area contributed by atoms with Gasteiger partial charge in [-0.05, 0) is 89.0 Å². The molecule has 0 radical (unpaired) electrons. The van der Waals surface area contributed by atoms with Gasteiger partial charge in [0.1, 0.15) is 11.1 Å². The van der Waals surface area contributed by atoms with E-state index >= 15 is 0 Å². The Morgan fingerprint density at radius 3 is 1.60 bits per heavy atom. The fraction of sp³-hybridized carbons (Fsp3) is 0. The van der Waals surface area contributed by atoms with Gasteiger partial charge < -0.3 is 13.6 Å². The average Bonchev–Trinajstić information content (AvgIpc) is 3.79. The van der Waals surface area contributed by atoms with Crippen molar-refractivity contribution in [2.45, 2.75) is 0 Å². The molecule has 3 nitrogen and oxygen atoms in total. The number of fused-ring (bicyclic) bond motifs is 8. The maximum atomic E-state index is 6.37. The fourth-order valence-corrected chi connectivity index (χ4v) is 7.35. The first kappa shape index (κ1) is 26.0. The van der Waals surface area contributed by atoms with Crippen LogP contribution in [0.1, 0.15) is 0 Å². The highest BCUT2D eigenvalue weighted by atomic mass is 16.3. The lowest BCUT2D eigenvalue weighted by Gasteiger charge is -2.11. The lowest BCUT2D eigenvalue weighted by Crippen LogP contribution is -1.94. The highest BCUT2D eigenvalue weighted by Gasteiger charge is 2.19. The maximum Gasteiger partial charge on any atom is 0.161 e. The summed E-state index contributed by atoms with van der Waals surface area (Å²) in [5.74, 6) is 0. The Bertz CT molecular complexity index is 2750. The predicted molar refractivity (Wildman–Crippen MR) is 196 cm³/mol. The van der Waals surface area contributed by atoms with Crippen molar-refractivity contribution in [1.82, 2.24) is 9.13 Å². The summed E-state index contributed by atoms with van der Waals surface area (Å²) in [7, 11) is 0. The highest BCUT2D eigenvalue weighted by molar-refractivity contribution is 6.16. The molecule has 0 saturated carbocycles. The second-order valence-corrected chi connectivity index (χ2v) is 12.2. The molecular weight excluding hydrogens is 572 g/mol. The lowest BCUT2D eigenvalue weighted by atomic mass is 10.0. The lowest BCUT2D eigenvalue weighted by molar-refractivity contribution is 0.673. The smallest absolute Gasteiger partial charge is 0.161 e. The monoisotopic (exact) mass is 600 g/mol. The van der Waals surface area contributed by atoms with Crippen molar-refractivity contribution in [1.29, 1.82) is 0 Å². The van der Waals surface area contributed by atoms with Gasteiger partial charge in [0.25, 0.3) is 0 Å². The molecule has 0 fully saturated rings. The van der Waals surface area contributed by atoms with E-state index in [1.54, 1.807) is 0 Å². The number of hydrogen-bond donors (Lipinski definition) is 0. The van der Waals surface area contributed by atoms with Gasteiger partial charge in [-0.1, -0.05) is 103 Å². The molecule has 10 aromatic rings. The topological polar surface area (TPSA) is 23.0 Å². The molecule has 0 aliphatic rings. The molecule has 220 valence electrons. The van der Waals surface area contributed by atoms with E-state index in [2.05, 4.69) is 167 Å². The van der Waals surface area contributed by atoms with Crippen LogP contribution in [0.4, 0.5) is 0 Å². The van der Waals surface area contributed by atoms with Crippen molar-refractivity contribution in [2.75, 3.05) is 0 Å². The van der Waals surface area contributed by atoms with Crippen molar-refractivity contribution in [3.8, 4) is 33.6 Å². The van der Waals surface area contributed by atoms with Crippen LogP contribution in [0, 0.1) is 0 Å². The minimum absolute atomic E-state index is 0.910. The van der Waals surface area contributed by atoms with Gasteiger partial charge in [-0.3, -0.25) is 0 Å². The van der Waals surface area contributed by atoms with E-state index in [1.807, 2.05) is 12.1 Å². The molecule has 0 unspecified atom stereocenters. The van der Waals surface area contributed by atoms with Crippen LogP contribution < -0.4 is 0 Å². The maximum absolute atomic E-state index is 6.37. The van der Waals surface area contributed by atoms with Gasteiger partial charge in [-0.15, -0.1) is 0 Å². The molecule has 7 aromatic carbocycles. The van der Waals surface area contributed by atoms with Crippen LogP contribution >= 0.6 is 0 Å². The molecule has 0 bridgehead atoms.